The summed E-state index contributed by atoms with van der Waals surface area (Å²) in [6.45, 7) is 4.56. The molecule has 0 aromatic heterocycles. The standard InChI is InChI=1S/C14H19ClN2O2S/c1-5-8-17(4)20(18,19)13-6-7-14(15)12(9-13)10-16-11(2)3/h1,6-7,9,11,16H,8,10H2,2-4H3. The van der Waals surface area contributed by atoms with Gasteiger partial charge in [0.2, 0.25) is 10.0 Å². The van der Waals surface area contributed by atoms with Gasteiger partial charge in [-0.1, -0.05) is 31.4 Å². The first-order valence-corrected chi connectivity index (χ1v) is 8.02. The van der Waals surface area contributed by atoms with Crippen LogP contribution in [0.3, 0.4) is 0 Å². The van der Waals surface area contributed by atoms with Gasteiger partial charge in [-0.3, -0.25) is 0 Å². The highest BCUT2D eigenvalue weighted by atomic mass is 35.5. The fraction of sp³-hybridized carbons (Fsp3) is 0.429. The molecule has 0 unspecified atom stereocenters. The minimum absolute atomic E-state index is 0.0323. The number of nitrogens with zero attached hydrogens (tertiary/aromatic N) is 1. The van der Waals surface area contributed by atoms with E-state index in [0.717, 1.165) is 9.87 Å². The van der Waals surface area contributed by atoms with E-state index in [4.69, 9.17) is 18.0 Å². The summed E-state index contributed by atoms with van der Waals surface area (Å²) in [5.41, 5.74) is 0.746. The first-order valence-electron chi connectivity index (χ1n) is 6.20. The second kappa shape index (κ2) is 7.09. The van der Waals surface area contributed by atoms with Gasteiger partial charge in [-0.25, -0.2) is 8.42 Å². The predicted molar refractivity (Wildman–Crippen MR) is 82.1 cm³/mol. The smallest absolute Gasteiger partial charge is 0.243 e. The molecule has 0 radical (unpaired) electrons. The Balaban J connectivity index is 3.09. The molecule has 1 aromatic carbocycles. The second-order valence-electron chi connectivity index (χ2n) is 4.75. The number of halogens is 1. The topological polar surface area (TPSA) is 49.4 Å². The lowest BCUT2D eigenvalue weighted by Crippen LogP contribution is -2.27. The summed E-state index contributed by atoms with van der Waals surface area (Å²) in [6, 6.07) is 4.95. The first-order chi connectivity index (χ1) is 9.28. The van der Waals surface area contributed by atoms with Gasteiger partial charge in [0.1, 0.15) is 0 Å². The Morgan fingerprint density at radius 1 is 1.45 bits per heavy atom. The molecule has 6 heteroatoms. The molecule has 0 saturated heterocycles. The fourth-order valence-corrected chi connectivity index (χ4v) is 2.87. The molecule has 20 heavy (non-hydrogen) atoms. The molecular weight excluding hydrogens is 296 g/mol. The Labute approximate surface area is 126 Å². The van der Waals surface area contributed by atoms with Crippen molar-refractivity contribution in [1.82, 2.24) is 9.62 Å². The van der Waals surface area contributed by atoms with E-state index in [9.17, 15) is 8.42 Å². The number of hydrogen-bond donors (Lipinski definition) is 1. The maximum atomic E-state index is 12.3. The van der Waals surface area contributed by atoms with Crippen LogP contribution in [0.4, 0.5) is 0 Å². The largest absolute Gasteiger partial charge is 0.310 e. The number of benzene rings is 1. The lowest BCUT2D eigenvalue weighted by Gasteiger charge is -2.16. The van der Waals surface area contributed by atoms with E-state index in [1.54, 1.807) is 12.1 Å². The van der Waals surface area contributed by atoms with Crippen LogP contribution in [0.15, 0.2) is 23.1 Å². The van der Waals surface area contributed by atoms with Crippen molar-refractivity contribution < 1.29 is 8.42 Å². The van der Waals surface area contributed by atoms with Gasteiger partial charge < -0.3 is 5.32 Å². The zero-order chi connectivity index (χ0) is 15.3. The Hall–Kier alpha value is -1.06. The lowest BCUT2D eigenvalue weighted by molar-refractivity contribution is 0.502. The van der Waals surface area contributed by atoms with Crippen molar-refractivity contribution in [2.45, 2.75) is 31.3 Å². The van der Waals surface area contributed by atoms with Crippen LogP contribution in [-0.2, 0) is 16.6 Å². The molecule has 0 aliphatic carbocycles. The minimum Gasteiger partial charge on any atom is -0.310 e. The Bertz CT molecular complexity index is 606. The number of hydrogen-bond acceptors (Lipinski definition) is 3. The zero-order valence-corrected chi connectivity index (χ0v) is 13.4. The van der Waals surface area contributed by atoms with Crippen LogP contribution in [0, 0.1) is 12.3 Å². The van der Waals surface area contributed by atoms with Gasteiger partial charge in [0.15, 0.2) is 0 Å². The van der Waals surface area contributed by atoms with E-state index in [2.05, 4.69) is 11.2 Å². The molecule has 1 N–H and O–H groups in total. The van der Waals surface area contributed by atoms with Gasteiger partial charge in [0.25, 0.3) is 0 Å². The summed E-state index contributed by atoms with van der Waals surface area (Å²) in [5, 5.41) is 3.75. The van der Waals surface area contributed by atoms with Gasteiger partial charge >= 0.3 is 0 Å². The Morgan fingerprint density at radius 2 is 2.10 bits per heavy atom. The number of sulfonamides is 1. The van der Waals surface area contributed by atoms with Crippen molar-refractivity contribution in [3.8, 4) is 12.3 Å². The zero-order valence-electron chi connectivity index (χ0n) is 11.9. The second-order valence-corrected chi connectivity index (χ2v) is 7.21. The van der Waals surface area contributed by atoms with E-state index in [0.29, 0.717) is 11.6 Å². The predicted octanol–water partition coefficient (Wildman–Crippen LogP) is 2.09. The first kappa shape index (κ1) is 17.0. The van der Waals surface area contributed by atoms with Gasteiger partial charge in [0.05, 0.1) is 11.4 Å². The summed E-state index contributed by atoms with van der Waals surface area (Å²) in [4.78, 5) is 0.195. The van der Waals surface area contributed by atoms with Gasteiger partial charge in [-0.05, 0) is 23.8 Å². The van der Waals surface area contributed by atoms with Crippen molar-refractivity contribution in [1.29, 1.82) is 0 Å². The molecule has 0 heterocycles. The molecule has 110 valence electrons. The third-order valence-corrected chi connectivity index (χ3v) is 4.91. The average molecular weight is 315 g/mol. The third-order valence-electron chi connectivity index (χ3n) is 2.74. The van der Waals surface area contributed by atoms with E-state index in [1.807, 2.05) is 13.8 Å². The molecule has 0 amide bonds. The minimum atomic E-state index is -3.57. The van der Waals surface area contributed by atoms with E-state index in [1.165, 1.54) is 13.1 Å². The Morgan fingerprint density at radius 3 is 2.65 bits per heavy atom. The van der Waals surface area contributed by atoms with E-state index in [-0.39, 0.29) is 17.5 Å². The van der Waals surface area contributed by atoms with Crippen molar-refractivity contribution in [3.63, 3.8) is 0 Å². The van der Waals surface area contributed by atoms with Crippen molar-refractivity contribution in [3.05, 3.63) is 28.8 Å². The van der Waals surface area contributed by atoms with Crippen LogP contribution in [0.1, 0.15) is 19.4 Å². The van der Waals surface area contributed by atoms with Gasteiger partial charge in [-0.15, -0.1) is 6.42 Å². The molecule has 0 bridgehead atoms. The highest BCUT2D eigenvalue weighted by molar-refractivity contribution is 7.89. The van der Waals surface area contributed by atoms with Crippen LogP contribution in [0.2, 0.25) is 5.02 Å². The highest BCUT2D eigenvalue weighted by Crippen LogP contribution is 2.22. The summed E-state index contributed by atoms with van der Waals surface area (Å²) >= 11 is 6.09. The molecule has 1 rings (SSSR count). The third kappa shape index (κ3) is 4.22. The lowest BCUT2D eigenvalue weighted by atomic mass is 10.2. The monoisotopic (exact) mass is 314 g/mol. The quantitative estimate of drug-likeness (QED) is 0.818. The number of nitrogens with one attached hydrogen (secondary N) is 1. The van der Waals surface area contributed by atoms with E-state index < -0.39 is 10.0 Å². The summed E-state index contributed by atoms with van der Waals surface area (Å²) in [6.07, 6.45) is 5.15. The molecule has 0 aliphatic rings. The SMILES string of the molecule is C#CCN(C)S(=O)(=O)c1ccc(Cl)c(CNC(C)C)c1. The van der Waals surface area contributed by atoms with Crippen LogP contribution in [0.5, 0.6) is 0 Å². The molecule has 0 fully saturated rings. The van der Waals surface area contributed by atoms with E-state index >= 15 is 0 Å². The van der Waals surface area contributed by atoms with Gasteiger partial charge in [0, 0.05) is 24.7 Å². The number of rotatable bonds is 6. The summed E-state index contributed by atoms with van der Waals surface area (Å²) in [5.74, 6) is 2.32. The fourth-order valence-electron chi connectivity index (χ4n) is 1.55. The Kier molecular flexibility index (Phi) is 6.03. The summed E-state index contributed by atoms with van der Waals surface area (Å²) in [7, 11) is -2.12. The average Bonchev–Trinajstić information content (AvgIpc) is 2.37. The molecule has 0 aliphatic heterocycles. The molecular formula is C14H19ClN2O2S. The van der Waals surface area contributed by atoms with Crippen LogP contribution < -0.4 is 5.32 Å². The molecule has 0 saturated carbocycles. The van der Waals surface area contributed by atoms with Crippen molar-refractivity contribution >= 4 is 21.6 Å². The normalized spacial score (nSPS) is 11.8. The summed E-state index contributed by atoms with van der Waals surface area (Å²) < 4.78 is 25.7. The maximum Gasteiger partial charge on any atom is 0.243 e. The van der Waals surface area contributed by atoms with Crippen molar-refractivity contribution in [2.24, 2.45) is 0 Å². The van der Waals surface area contributed by atoms with Crippen LogP contribution in [0.25, 0.3) is 0 Å². The van der Waals surface area contributed by atoms with Crippen LogP contribution in [-0.4, -0.2) is 32.4 Å². The molecule has 4 nitrogen and oxygen atoms in total. The maximum absolute atomic E-state index is 12.3. The number of terminal acetylenes is 1. The highest BCUT2D eigenvalue weighted by Gasteiger charge is 2.20. The van der Waals surface area contributed by atoms with Crippen molar-refractivity contribution in [2.75, 3.05) is 13.6 Å². The molecule has 1 aromatic rings. The molecule has 0 spiro atoms. The molecule has 0 atom stereocenters. The van der Waals surface area contributed by atoms with Gasteiger partial charge in [-0.2, -0.15) is 4.31 Å². The van der Waals surface area contributed by atoms with Crippen LogP contribution >= 0.6 is 11.6 Å².